The number of likely N-dealkylation sites (tertiary alicyclic amines) is 1. The van der Waals surface area contributed by atoms with Gasteiger partial charge in [0, 0.05) is 52.0 Å². The number of carbonyl (C=O) groups is 4. The molecule has 2 aliphatic rings. The number of hydrogen-bond acceptors (Lipinski definition) is 5. The maximum atomic E-state index is 13.3. The first kappa shape index (κ1) is 31.5. The van der Waals surface area contributed by atoms with Crippen LogP contribution >= 0.6 is 0 Å². The number of anilines is 1. The molecule has 3 aromatic carbocycles. The zero-order valence-corrected chi connectivity index (χ0v) is 23.5. The van der Waals surface area contributed by atoms with Gasteiger partial charge in [-0.3, -0.25) is 14.5 Å². The average molecular weight is 601 g/mol. The molecule has 2 heterocycles. The number of rotatable bonds is 8. The first-order valence-electron chi connectivity index (χ1n) is 14.0. The summed E-state index contributed by atoms with van der Waals surface area (Å²) in [5, 5.41) is 21.9. The van der Waals surface area contributed by atoms with Gasteiger partial charge in [0.25, 0.3) is 11.8 Å². The molecule has 0 aromatic heterocycles. The van der Waals surface area contributed by atoms with Crippen LogP contribution in [0, 0.1) is 0 Å². The molecule has 9 nitrogen and oxygen atoms in total. The number of aliphatic carboxylic acids is 2. The number of alkyl halides is 3. The number of amides is 2. The second kappa shape index (κ2) is 13.2. The molecule has 3 aromatic rings. The lowest BCUT2D eigenvalue weighted by molar-refractivity contribution is -0.918. The monoisotopic (exact) mass is 600 g/mol. The van der Waals surface area contributed by atoms with Crippen LogP contribution in [0.4, 0.5) is 18.9 Å². The molecule has 5 rings (SSSR count). The Balaban J connectivity index is 0.000000541. The summed E-state index contributed by atoms with van der Waals surface area (Å²) in [7, 11) is 0. The number of carbonyl (C=O) groups excluding carboxylic acids is 2. The van der Waals surface area contributed by atoms with Crippen LogP contribution in [-0.2, 0) is 16.1 Å². The fourth-order valence-electron chi connectivity index (χ4n) is 5.61. The highest BCUT2D eigenvalue weighted by Crippen LogP contribution is 2.36. The fraction of sp³-hybridized carbons (Fsp3) is 0.355. The summed E-state index contributed by atoms with van der Waals surface area (Å²) < 4.78 is 31.7. The van der Waals surface area contributed by atoms with Crippen molar-refractivity contribution in [2.75, 3.05) is 18.4 Å². The van der Waals surface area contributed by atoms with Gasteiger partial charge >= 0.3 is 18.1 Å². The third-order valence-corrected chi connectivity index (χ3v) is 7.69. The van der Waals surface area contributed by atoms with E-state index in [1.165, 1.54) is 5.56 Å². The van der Waals surface area contributed by atoms with Crippen molar-refractivity contribution in [1.29, 1.82) is 0 Å². The third kappa shape index (κ3) is 7.14. The fourth-order valence-corrected chi connectivity index (χ4v) is 5.61. The Bertz CT molecular complexity index is 1480. The summed E-state index contributed by atoms with van der Waals surface area (Å²) >= 11 is 0. The van der Waals surface area contributed by atoms with E-state index in [9.17, 15) is 32.7 Å². The Kier molecular flexibility index (Phi) is 9.70. The van der Waals surface area contributed by atoms with Gasteiger partial charge < -0.3 is 20.4 Å². The Labute approximate surface area is 245 Å². The summed E-state index contributed by atoms with van der Waals surface area (Å²) in [6, 6.07) is 18.8. The molecule has 4 N–H and O–H groups in total. The Morgan fingerprint density at radius 2 is 1.56 bits per heavy atom. The van der Waals surface area contributed by atoms with Crippen molar-refractivity contribution in [1.82, 2.24) is 4.90 Å². The number of nitrogens with zero attached hydrogens (tertiary/aromatic N) is 1. The molecule has 228 valence electrons. The van der Waals surface area contributed by atoms with Crippen molar-refractivity contribution in [3.63, 3.8) is 0 Å². The molecular weight excluding hydrogens is 567 g/mol. The number of halogens is 3. The smallest absolute Gasteiger partial charge is 0.480 e. The molecule has 1 saturated heterocycles. The first-order chi connectivity index (χ1) is 20.4. The molecule has 0 radical (unpaired) electrons. The molecule has 1 fully saturated rings. The van der Waals surface area contributed by atoms with Gasteiger partial charge in [0.05, 0.1) is 13.1 Å². The Morgan fingerprint density at radius 1 is 0.953 bits per heavy atom. The number of hydrogen-bond donors (Lipinski definition) is 4. The van der Waals surface area contributed by atoms with Gasteiger partial charge in [-0.25, -0.2) is 9.59 Å². The van der Waals surface area contributed by atoms with Crippen LogP contribution in [0.2, 0.25) is 0 Å². The van der Waals surface area contributed by atoms with Crippen LogP contribution in [0.25, 0.3) is 10.8 Å². The van der Waals surface area contributed by atoms with E-state index in [-0.39, 0.29) is 6.42 Å². The number of carboxylic acid groups (broad SMARTS) is 2. The van der Waals surface area contributed by atoms with E-state index >= 15 is 0 Å². The topological polar surface area (TPSA) is 128 Å². The average Bonchev–Trinajstić information content (AvgIpc) is 2.97. The first-order valence-corrected chi connectivity index (χ1v) is 14.0. The van der Waals surface area contributed by atoms with E-state index in [1.807, 2.05) is 25.1 Å². The van der Waals surface area contributed by atoms with E-state index < -0.39 is 36.0 Å². The minimum absolute atomic E-state index is 0.225. The molecule has 2 aliphatic heterocycles. The van der Waals surface area contributed by atoms with Gasteiger partial charge in [-0.05, 0) is 24.6 Å². The molecule has 0 aliphatic carbocycles. The summed E-state index contributed by atoms with van der Waals surface area (Å²) in [6.45, 7) is 5.03. The quantitative estimate of drug-likeness (QED) is 0.288. The third-order valence-electron chi connectivity index (χ3n) is 7.69. The van der Waals surface area contributed by atoms with Gasteiger partial charge in [-0.1, -0.05) is 55.8 Å². The van der Waals surface area contributed by atoms with Gasteiger partial charge in [0.2, 0.25) is 0 Å². The second-order valence-corrected chi connectivity index (χ2v) is 10.6. The SMILES string of the molecule is CCC[C@H](C(=O)O)N1C(=O)c2cccc3c(NC4CC[NH+](Cc5ccccc5)CC4)ccc(c23)C1=O.O=C(O)C(F)(F)F. The minimum atomic E-state index is -5.08. The molecule has 2 amide bonds. The van der Waals surface area contributed by atoms with Crippen LogP contribution in [0.15, 0.2) is 60.7 Å². The zero-order chi connectivity index (χ0) is 31.3. The van der Waals surface area contributed by atoms with Gasteiger partial charge in [-0.2, -0.15) is 13.2 Å². The van der Waals surface area contributed by atoms with Crippen molar-refractivity contribution >= 4 is 40.2 Å². The van der Waals surface area contributed by atoms with Crippen LogP contribution < -0.4 is 10.2 Å². The number of nitrogens with one attached hydrogen (secondary N) is 2. The largest absolute Gasteiger partial charge is 0.490 e. The molecule has 0 bridgehead atoms. The van der Waals surface area contributed by atoms with Crippen LogP contribution in [0.5, 0.6) is 0 Å². The van der Waals surface area contributed by atoms with Gasteiger partial charge in [-0.15, -0.1) is 0 Å². The Hall–Kier alpha value is -4.45. The van der Waals surface area contributed by atoms with Gasteiger partial charge in [0.15, 0.2) is 0 Å². The molecule has 0 saturated carbocycles. The molecular formula is C31H33F3N3O6+. The normalized spacial score (nSPS) is 18.9. The zero-order valence-electron chi connectivity index (χ0n) is 23.5. The highest BCUT2D eigenvalue weighted by Gasteiger charge is 2.40. The molecule has 0 spiro atoms. The summed E-state index contributed by atoms with van der Waals surface area (Å²) in [6.07, 6.45) is -2.23. The van der Waals surface area contributed by atoms with Crippen molar-refractivity contribution in [2.24, 2.45) is 0 Å². The number of piperidine rings is 1. The lowest BCUT2D eigenvalue weighted by Gasteiger charge is -2.33. The van der Waals surface area contributed by atoms with Gasteiger partial charge in [0.1, 0.15) is 12.6 Å². The number of imide groups is 1. The standard InChI is InChI=1S/C29H31N3O4.C2HF3O2/c1-2-7-25(29(35)36)32-27(33)22-11-6-10-21-24(13-12-23(26(21)22)28(32)34)30-20-14-16-31(17-15-20)18-19-8-4-3-5-9-19;3-2(4,5)1(6)7/h3-6,8-13,20,25,30H,2,7,14-18H2,1H3,(H,35,36);(H,6,7)/p+1/t25-;/m1./s1. The molecule has 0 unspecified atom stereocenters. The molecule has 1 atom stereocenters. The number of carboxylic acids is 2. The molecule has 43 heavy (non-hydrogen) atoms. The summed E-state index contributed by atoms with van der Waals surface area (Å²) in [4.78, 5) is 50.0. The highest BCUT2D eigenvalue weighted by atomic mass is 19.4. The predicted molar refractivity (Wildman–Crippen MR) is 152 cm³/mol. The van der Waals surface area contributed by atoms with E-state index in [1.54, 1.807) is 23.1 Å². The van der Waals surface area contributed by atoms with Crippen molar-refractivity contribution in [2.45, 2.75) is 57.4 Å². The Morgan fingerprint density at radius 3 is 2.12 bits per heavy atom. The van der Waals surface area contributed by atoms with Crippen LogP contribution in [-0.4, -0.2) is 70.2 Å². The maximum Gasteiger partial charge on any atom is 0.490 e. The van der Waals surface area contributed by atoms with Crippen molar-refractivity contribution < 1.29 is 47.5 Å². The minimum Gasteiger partial charge on any atom is -0.480 e. The maximum absolute atomic E-state index is 13.3. The van der Waals surface area contributed by atoms with E-state index in [4.69, 9.17) is 9.90 Å². The van der Waals surface area contributed by atoms with E-state index in [2.05, 4.69) is 29.6 Å². The highest BCUT2D eigenvalue weighted by molar-refractivity contribution is 6.27. The van der Waals surface area contributed by atoms with Crippen molar-refractivity contribution in [3.05, 3.63) is 77.4 Å². The van der Waals surface area contributed by atoms with E-state index in [0.29, 0.717) is 29.0 Å². The summed E-state index contributed by atoms with van der Waals surface area (Å²) in [5.74, 6) is -4.98. The summed E-state index contributed by atoms with van der Waals surface area (Å²) in [5.41, 5.74) is 3.03. The second-order valence-electron chi connectivity index (χ2n) is 10.6. The number of quaternary nitrogens is 1. The number of benzene rings is 3. The van der Waals surface area contributed by atoms with Crippen molar-refractivity contribution in [3.8, 4) is 0 Å². The predicted octanol–water partition coefficient (Wildman–Crippen LogP) is 3.98. The lowest BCUT2D eigenvalue weighted by atomic mass is 9.91. The van der Waals surface area contributed by atoms with E-state index in [0.717, 1.165) is 48.4 Å². The molecule has 12 heteroatoms. The lowest BCUT2D eigenvalue weighted by Crippen LogP contribution is -3.12. The van der Waals surface area contributed by atoms with Crippen LogP contribution in [0.3, 0.4) is 0 Å². The van der Waals surface area contributed by atoms with Crippen LogP contribution in [0.1, 0.15) is 58.9 Å².